The fourth-order valence-electron chi connectivity index (χ4n) is 3.55. The summed E-state index contributed by atoms with van der Waals surface area (Å²) >= 11 is 0. The van der Waals surface area contributed by atoms with Gasteiger partial charge in [0.1, 0.15) is 5.82 Å². The summed E-state index contributed by atoms with van der Waals surface area (Å²) in [7, 11) is 3.17. The van der Waals surface area contributed by atoms with Crippen molar-refractivity contribution in [1.82, 2.24) is 9.55 Å². The maximum absolute atomic E-state index is 13.4. The number of fused-ring (bicyclic) bond motifs is 1. The molecule has 0 fully saturated rings. The lowest BCUT2D eigenvalue weighted by Gasteiger charge is -2.16. The summed E-state index contributed by atoms with van der Waals surface area (Å²) in [5.41, 5.74) is 9.12. The third kappa shape index (κ3) is 3.65. The molecule has 3 aromatic carbocycles. The van der Waals surface area contributed by atoms with Gasteiger partial charge in [-0.25, -0.2) is 4.98 Å². The van der Waals surface area contributed by atoms with Crippen molar-refractivity contribution in [2.45, 2.75) is 13.1 Å². The van der Waals surface area contributed by atoms with Crippen LogP contribution in [0.5, 0.6) is 11.5 Å². The summed E-state index contributed by atoms with van der Waals surface area (Å²) in [6, 6.07) is 20.8. The third-order valence-corrected chi connectivity index (χ3v) is 5.07. The van der Waals surface area contributed by atoms with Gasteiger partial charge in [-0.3, -0.25) is 9.36 Å². The maximum Gasteiger partial charge on any atom is 0.261 e. The summed E-state index contributed by atoms with van der Waals surface area (Å²) in [6.07, 6.45) is 0. The van der Waals surface area contributed by atoms with Crippen molar-refractivity contribution < 1.29 is 9.47 Å². The average molecular weight is 401 g/mol. The Labute approximate surface area is 174 Å². The number of methoxy groups -OCH3 is 2. The fraction of sp³-hybridized carbons (Fsp3) is 0.167. The van der Waals surface area contributed by atoms with Crippen LogP contribution in [0.1, 0.15) is 11.1 Å². The predicted molar refractivity (Wildman–Crippen MR) is 118 cm³/mol. The highest BCUT2D eigenvalue weighted by molar-refractivity contribution is 5.80. The van der Waals surface area contributed by atoms with Crippen LogP contribution in [0, 0.1) is 0 Å². The molecule has 2 N–H and O–H groups in total. The van der Waals surface area contributed by atoms with Gasteiger partial charge >= 0.3 is 0 Å². The van der Waals surface area contributed by atoms with E-state index in [1.165, 1.54) is 0 Å². The number of hydrogen-bond acceptors (Lipinski definition) is 5. The molecule has 6 heteroatoms. The highest BCUT2D eigenvalue weighted by Gasteiger charge is 2.15. The van der Waals surface area contributed by atoms with Crippen LogP contribution in [0.3, 0.4) is 0 Å². The van der Waals surface area contributed by atoms with Gasteiger partial charge < -0.3 is 15.2 Å². The van der Waals surface area contributed by atoms with E-state index in [-0.39, 0.29) is 5.56 Å². The van der Waals surface area contributed by atoms with Crippen molar-refractivity contribution in [3.63, 3.8) is 0 Å². The Balaban J connectivity index is 1.94. The molecular weight excluding hydrogens is 378 g/mol. The lowest BCUT2D eigenvalue weighted by atomic mass is 10.1. The number of hydrogen-bond donors (Lipinski definition) is 1. The molecular formula is C24H23N3O3. The molecule has 1 aromatic heterocycles. The van der Waals surface area contributed by atoms with Crippen molar-refractivity contribution in [1.29, 1.82) is 0 Å². The summed E-state index contributed by atoms with van der Waals surface area (Å²) in [5, 5.41) is 0.580. The highest BCUT2D eigenvalue weighted by Crippen LogP contribution is 2.32. The Hall–Kier alpha value is -3.64. The van der Waals surface area contributed by atoms with Gasteiger partial charge in [0, 0.05) is 12.1 Å². The zero-order valence-electron chi connectivity index (χ0n) is 17.0. The smallest absolute Gasteiger partial charge is 0.261 e. The van der Waals surface area contributed by atoms with Crippen molar-refractivity contribution in [3.05, 3.63) is 88.2 Å². The highest BCUT2D eigenvalue weighted by atomic mass is 16.5. The van der Waals surface area contributed by atoms with E-state index in [9.17, 15) is 4.79 Å². The third-order valence-electron chi connectivity index (χ3n) is 5.07. The number of nitrogens with zero attached hydrogens (tertiary/aromatic N) is 2. The molecule has 1 heterocycles. The number of rotatable bonds is 6. The van der Waals surface area contributed by atoms with Crippen LogP contribution >= 0.6 is 0 Å². The number of ether oxygens (including phenoxy) is 2. The Kier molecular flexibility index (Phi) is 5.50. The van der Waals surface area contributed by atoms with Crippen molar-refractivity contribution in [2.75, 3.05) is 14.2 Å². The molecule has 0 bridgehead atoms. The normalized spacial score (nSPS) is 10.9. The molecule has 0 atom stereocenters. The largest absolute Gasteiger partial charge is 0.493 e. The van der Waals surface area contributed by atoms with Crippen LogP contribution in [0.25, 0.3) is 22.3 Å². The zero-order chi connectivity index (χ0) is 21.1. The molecule has 4 aromatic rings. The van der Waals surface area contributed by atoms with Crippen LogP contribution in [0.2, 0.25) is 0 Å². The van der Waals surface area contributed by atoms with Gasteiger partial charge in [-0.2, -0.15) is 0 Å². The molecule has 30 heavy (non-hydrogen) atoms. The second-order valence-electron chi connectivity index (χ2n) is 6.94. The van der Waals surface area contributed by atoms with Gasteiger partial charge in [0.25, 0.3) is 5.56 Å². The average Bonchev–Trinajstić information content (AvgIpc) is 2.80. The van der Waals surface area contributed by atoms with Gasteiger partial charge in [0.2, 0.25) is 0 Å². The molecule has 0 aliphatic carbocycles. The minimum Gasteiger partial charge on any atom is -0.493 e. The second-order valence-corrected chi connectivity index (χ2v) is 6.94. The van der Waals surface area contributed by atoms with E-state index in [4.69, 9.17) is 20.2 Å². The Morgan fingerprint density at radius 3 is 2.43 bits per heavy atom. The zero-order valence-corrected chi connectivity index (χ0v) is 17.0. The van der Waals surface area contributed by atoms with Crippen molar-refractivity contribution >= 4 is 10.9 Å². The standard InChI is InChI=1S/C24H23N3O3/c1-29-21-11-10-18(13-22(21)30-2)23-26-20-9-4-3-8-19(20)24(28)27(23)15-17-7-5-6-16(12-17)14-25/h3-13H,14-15,25H2,1-2H3. The first-order chi connectivity index (χ1) is 14.6. The van der Waals surface area contributed by atoms with Crippen LogP contribution in [-0.4, -0.2) is 23.8 Å². The first-order valence-electron chi connectivity index (χ1n) is 9.64. The number of nitrogens with two attached hydrogens (primary N) is 1. The van der Waals surface area contributed by atoms with Crippen LogP contribution in [0.4, 0.5) is 0 Å². The van der Waals surface area contributed by atoms with Crippen molar-refractivity contribution in [3.8, 4) is 22.9 Å². The SMILES string of the molecule is COc1ccc(-c2nc3ccccc3c(=O)n2Cc2cccc(CN)c2)cc1OC. The molecule has 152 valence electrons. The molecule has 0 spiro atoms. The summed E-state index contributed by atoms with van der Waals surface area (Å²) in [4.78, 5) is 18.2. The molecule has 6 nitrogen and oxygen atoms in total. The van der Waals surface area contributed by atoms with E-state index in [2.05, 4.69) is 0 Å². The van der Waals surface area contributed by atoms with Crippen LogP contribution < -0.4 is 20.8 Å². The lowest BCUT2D eigenvalue weighted by Crippen LogP contribution is -2.24. The molecule has 0 amide bonds. The molecule has 0 saturated heterocycles. The van der Waals surface area contributed by atoms with E-state index in [1.54, 1.807) is 24.9 Å². The van der Waals surface area contributed by atoms with E-state index in [0.717, 1.165) is 16.7 Å². The van der Waals surface area contributed by atoms with E-state index in [1.807, 2.05) is 60.7 Å². The summed E-state index contributed by atoms with van der Waals surface area (Å²) in [5.74, 6) is 1.76. The van der Waals surface area contributed by atoms with E-state index >= 15 is 0 Å². The molecule has 0 unspecified atom stereocenters. The molecule has 0 radical (unpaired) electrons. The second kappa shape index (κ2) is 8.39. The van der Waals surface area contributed by atoms with Crippen LogP contribution in [-0.2, 0) is 13.1 Å². The molecule has 4 rings (SSSR count). The molecule has 0 saturated carbocycles. The number of para-hydroxylation sites is 1. The monoisotopic (exact) mass is 401 g/mol. The predicted octanol–water partition coefficient (Wildman–Crippen LogP) is 3.59. The number of aromatic nitrogens is 2. The Morgan fingerprint density at radius 2 is 1.67 bits per heavy atom. The van der Waals surface area contributed by atoms with Gasteiger partial charge in [0.15, 0.2) is 11.5 Å². The lowest BCUT2D eigenvalue weighted by molar-refractivity contribution is 0.355. The topological polar surface area (TPSA) is 79.4 Å². The first kappa shape index (κ1) is 19.7. The minimum absolute atomic E-state index is 0.0939. The summed E-state index contributed by atoms with van der Waals surface area (Å²) in [6.45, 7) is 0.829. The number of benzene rings is 3. The van der Waals surface area contributed by atoms with E-state index in [0.29, 0.717) is 41.3 Å². The van der Waals surface area contributed by atoms with Crippen molar-refractivity contribution in [2.24, 2.45) is 5.73 Å². The van der Waals surface area contributed by atoms with Gasteiger partial charge in [0.05, 0.1) is 31.7 Å². The minimum atomic E-state index is -0.0939. The quantitative estimate of drug-likeness (QED) is 0.534. The Morgan fingerprint density at radius 1 is 0.900 bits per heavy atom. The fourth-order valence-corrected chi connectivity index (χ4v) is 3.55. The molecule has 0 aliphatic rings. The van der Waals surface area contributed by atoms with Crippen LogP contribution in [0.15, 0.2) is 71.5 Å². The molecule has 0 aliphatic heterocycles. The first-order valence-corrected chi connectivity index (χ1v) is 9.64. The van der Waals surface area contributed by atoms with Gasteiger partial charge in [-0.1, -0.05) is 36.4 Å². The summed E-state index contributed by atoms with van der Waals surface area (Å²) < 4.78 is 12.5. The maximum atomic E-state index is 13.4. The van der Waals surface area contributed by atoms with Gasteiger partial charge in [-0.15, -0.1) is 0 Å². The van der Waals surface area contributed by atoms with Gasteiger partial charge in [-0.05, 0) is 41.5 Å². The van der Waals surface area contributed by atoms with E-state index < -0.39 is 0 Å². The Bertz CT molecular complexity index is 1260.